The maximum atomic E-state index is 11.3. The highest BCUT2D eigenvalue weighted by Crippen LogP contribution is 2.30. The van der Waals surface area contributed by atoms with Crippen LogP contribution in [-0.2, 0) is 10.3 Å². The SMILES string of the molecule is Cc1ccccc1C1(C)CC(=O)CN1.Cl. The van der Waals surface area contributed by atoms with Gasteiger partial charge in [-0.2, -0.15) is 0 Å². The summed E-state index contributed by atoms with van der Waals surface area (Å²) in [5.41, 5.74) is 2.34. The molecule has 3 heteroatoms. The van der Waals surface area contributed by atoms with Crippen molar-refractivity contribution in [1.29, 1.82) is 0 Å². The van der Waals surface area contributed by atoms with E-state index in [1.807, 2.05) is 12.1 Å². The van der Waals surface area contributed by atoms with E-state index in [1.54, 1.807) is 0 Å². The molecule has 1 aliphatic rings. The molecule has 0 aromatic heterocycles. The van der Waals surface area contributed by atoms with Gasteiger partial charge in [0.25, 0.3) is 0 Å². The highest BCUT2D eigenvalue weighted by atomic mass is 35.5. The van der Waals surface area contributed by atoms with Gasteiger partial charge in [0, 0.05) is 12.0 Å². The van der Waals surface area contributed by atoms with E-state index in [1.165, 1.54) is 11.1 Å². The molecular formula is C12H16ClNO. The second-order valence-corrected chi connectivity index (χ2v) is 4.22. The summed E-state index contributed by atoms with van der Waals surface area (Å²) in [5.74, 6) is 0.302. The number of rotatable bonds is 1. The monoisotopic (exact) mass is 225 g/mol. The Bertz CT molecular complexity index is 378. The summed E-state index contributed by atoms with van der Waals surface area (Å²) in [5, 5.41) is 3.29. The Kier molecular flexibility index (Phi) is 3.53. The molecule has 1 aliphatic heterocycles. The van der Waals surface area contributed by atoms with Crippen molar-refractivity contribution in [3.63, 3.8) is 0 Å². The van der Waals surface area contributed by atoms with Crippen molar-refractivity contribution in [2.75, 3.05) is 6.54 Å². The molecule has 1 atom stereocenters. The van der Waals surface area contributed by atoms with E-state index in [9.17, 15) is 4.79 Å². The smallest absolute Gasteiger partial charge is 0.148 e. The van der Waals surface area contributed by atoms with Crippen LogP contribution < -0.4 is 5.32 Å². The molecule has 1 saturated heterocycles. The molecule has 1 aromatic rings. The normalized spacial score (nSPS) is 25.1. The van der Waals surface area contributed by atoms with E-state index in [-0.39, 0.29) is 17.9 Å². The number of nitrogens with one attached hydrogen (secondary N) is 1. The van der Waals surface area contributed by atoms with Crippen LogP contribution in [0.25, 0.3) is 0 Å². The second-order valence-electron chi connectivity index (χ2n) is 4.22. The molecule has 1 N–H and O–H groups in total. The van der Waals surface area contributed by atoms with Gasteiger partial charge in [0.15, 0.2) is 0 Å². The molecule has 2 nitrogen and oxygen atoms in total. The van der Waals surface area contributed by atoms with Gasteiger partial charge < -0.3 is 5.32 Å². The number of hydrogen-bond donors (Lipinski definition) is 1. The van der Waals surface area contributed by atoms with Crippen molar-refractivity contribution in [3.8, 4) is 0 Å². The van der Waals surface area contributed by atoms with E-state index in [4.69, 9.17) is 0 Å². The third kappa shape index (κ3) is 2.21. The molecule has 0 spiro atoms. The summed E-state index contributed by atoms with van der Waals surface area (Å²) < 4.78 is 0. The topological polar surface area (TPSA) is 29.1 Å². The van der Waals surface area contributed by atoms with Crippen molar-refractivity contribution in [2.24, 2.45) is 0 Å². The van der Waals surface area contributed by atoms with Crippen molar-refractivity contribution in [2.45, 2.75) is 25.8 Å². The number of carbonyl (C=O) groups is 1. The molecular weight excluding hydrogens is 210 g/mol. The summed E-state index contributed by atoms with van der Waals surface area (Å²) >= 11 is 0. The van der Waals surface area contributed by atoms with Crippen LogP contribution in [0.3, 0.4) is 0 Å². The summed E-state index contributed by atoms with van der Waals surface area (Å²) in [4.78, 5) is 11.3. The molecule has 15 heavy (non-hydrogen) atoms. The lowest BCUT2D eigenvalue weighted by Crippen LogP contribution is -2.33. The third-order valence-corrected chi connectivity index (χ3v) is 2.97. The predicted molar refractivity (Wildman–Crippen MR) is 63.4 cm³/mol. The van der Waals surface area contributed by atoms with Gasteiger partial charge in [-0.05, 0) is 25.0 Å². The Hall–Kier alpha value is -0.860. The van der Waals surface area contributed by atoms with Gasteiger partial charge in [0.05, 0.1) is 6.54 Å². The number of hydrogen-bond acceptors (Lipinski definition) is 2. The Balaban J connectivity index is 0.00000112. The molecule has 0 bridgehead atoms. The average molecular weight is 226 g/mol. The molecule has 0 radical (unpaired) electrons. The first-order valence-corrected chi connectivity index (χ1v) is 4.95. The number of benzene rings is 1. The number of aryl methyl sites for hydroxylation is 1. The van der Waals surface area contributed by atoms with Gasteiger partial charge >= 0.3 is 0 Å². The zero-order valence-electron chi connectivity index (χ0n) is 9.04. The molecule has 1 heterocycles. The molecule has 0 amide bonds. The lowest BCUT2D eigenvalue weighted by atomic mass is 9.87. The maximum Gasteiger partial charge on any atom is 0.148 e. The average Bonchev–Trinajstić information content (AvgIpc) is 2.48. The van der Waals surface area contributed by atoms with E-state index in [2.05, 4.69) is 31.3 Å². The fraction of sp³-hybridized carbons (Fsp3) is 0.417. The largest absolute Gasteiger partial charge is 0.300 e. The lowest BCUT2D eigenvalue weighted by Gasteiger charge is -2.25. The van der Waals surface area contributed by atoms with Gasteiger partial charge in [-0.1, -0.05) is 24.3 Å². The highest BCUT2D eigenvalue weighted by Gasteiger charge is 2.35. The van der Waals surface area contributed by atoms with Crippen molar-refractivity contribution >= 4 is 18.2 Å². The van der Waals surface area contributed by atoms with Gasteiger partial charge in [-0.25, -0.2) is 0 Å². The van der Waals surface area contributed by atoms with Crippen LogP contribution in [0.1, 0.15) is 24.5 Å². The second kappa shape index (κ2) is 4.33. The predicted octanol–water partition coefficient (Wildman–Crippen LogP) is 2.19. The molecule has 0 aliphatic carbocycles. The van der Waals surface area contributed by atoms with Gasteiger partial charge in [0.1, 0.15) is 5.78 Å². The Morgan fingerprint density at radius 1 is 1.33 bits per heavy atom. The van der Waals surface area contributed by atoms with Crippen molar-refractivity contribution in [3.05, 3.63) is 35.4 Å². The van der Waals surface area contributed by atoms with E-state index >= 15 is 0 Å². The standard InChI is InChI=1S/C12H15NO.ClH/c1-9-5-3-4-6-11(9)12(2)7-10(14)8-13-12;/h3-6,13H,7-8H2,1-2H3;1H. The minimum absolute atomic E-state index is 0. The van der Waals surface area contributed by atoms with Crippen LogP contribution in [0, 0.1) is 6.92 Å². The Morgan fingerprint density at radius 3 is 2.53 bits per heavy atom. The molecule has 82 valence electrons. The van der Waals surface area contributed by atoms with E-state index in [0.29, 0.717) is 18.7 Å². The van der Waals surface area contributed by atoms with Crippen LogP contribution in [0.2, 0.25) is 0 Å². The number of halogens is 1. The molecule has 2 rings (SSSR count). The van der Waals surface area contributed by atoms with Crippen LogP contribution in [0.5, 0.6) is 0 Å². The van der Waals surface area contributed by atoms with Crippen LogP contribution in [0.4, 0.5) is 0 Å². The molecule has 1 unspecified atom stereocenters. The van der Waals surface area contributed by atoms with E-state index < -0.39 is 0 Å². The van der Waals surface area contributed by atoms with Crippen LogP contribution >= 0.6 is 12.4 Å². The van der Waals surface area contributed by atoms with Crippen LogP contribution in [0.15, 0.2) is 24.3 Å². The van der Waals surface area contributed by atoms with Gasteiger partial charge in [-0.3, -0.25) is 4.79 Å². The Morgan fingerprint density at radius 2 is 2.00 bits per heavy atom. The first-order chi connectivity index (χ1) is 6.62. The third-order valence-electron chi connectivity index (χ3n) is 2.97. The lowest BCUT2D eigenvalue weighted by molar-refractivity contribution is -0.116. The van der Waals surface area contributed by atoms with Crippen LogP contribution in [-0.4, -0.2) is 12.3 Å². The number of Topliss-reactive ketones (excluding diaryl/α,β-unsaturated/α-hetero) is 1. The molecule has 1 aromatic carbocycles. The molecule has 0 saturated carbocycles. The van der Waals surface area contributed by atoms with E-state index in [0.717, 1.165) is 0 Å². The van der Waals surface area contributed by atoms with Gasteiger partial charge in [0.2, 0.25) is 0 Å². The van der Waals surface area contributed by atoms with Gasteiger partial charge in [-0.15, -0.1) is 12.4 Å². The summed E-state index contributed by atoms with van der Waals surface area (Å²) in [6.45, 7) is 4.69. The number of ketones is 1. The maximum absolute atomic E-state index is 11.3. The molecule has 1 fully saturated rings. The fourth-order valence-electron chi connectivity index (χ4n) is 2.20. The fourth-order valence-corrected chi connectivity index (χ4v) is 2.20. The Labute approximate surface area is 96.5 Å². The summed E-state index contributed by atoms with van der Waals surface area (Å²) in [6, 6.07) is 8.24. The minimum atomic E-state index is -0.150. The zero-order valence-corrected chi connectivity index (χ0v) is 9.86. The zero-order chi connectivity index (χ0) is 10.2. The first kappa shape index (κ1) is 12.2. The van der Waals surface area contributed by atoms with Crippen molar-refractivity contribution in [1.82, 2.24) is 5.32 Å². The highest BCUT2D eigenvalue weighted by molar-refractivity contribution is 5.85. The summed E-state index contributed by atoms with van der Waals surface area (Å²) in [7, 11) is 0. The quantitative estimate of drug-likeness (QED) is 0.794. The minimum Gasteiger partial charge on any atom is -0.300 e. The number of carbonyl (C=O) groups excluding carboxylic acids is 1. The summed E-state index contributed by atoms with van der Waals surface area (Å²) in [6.07, 6.45) is 0.609. The van der Waals surface area contributed by atoms with Crippen molar-refractivity contribution < 1.29 is 4.79 Å². The first-order valence-electron chi connectivity index (χ1n) is 4.95.